The van der Waals surface area contributed by atoms with Gasteiger partial charge in [-0.3, -0.25) is 0 Å². The van der Waals surface area contributed by atoms with E-state index in [1.54, 1.807) is 7.11 Å². The zero-order chi connectivity index (χ0) is 12.5. The molecule has 2 nitrogen and oxygen atoms in total. The van der Waals surface area contributed by atoms with Crippen LogP contribution < -0.4 is 4.74 Å². The van der Waals surface area contributed by atoms with Crippen molar-refractivity contribution in [2.75, 3.05) is 20.3 Å². The maximum Gasteiger partial charge on any atom is 0.123 e. The first-order valence-electron chi connectivity index (χ1n) is 6.18. The molecule has 0 fully saturated rings. The number of ether oxygens (including phenoxy) is 2. The average molecular weight is 301 g/mol. The molecule has 17 heavy (non-hydrogen) atoms. The van der Waals surface area contributed by atoms with Crippen molar-refractivity contribution in [2.24, 2.45) is 0 Å². The molecule has 0 aliphatic rings. The number of rotatable bonds is 8. The van der Waals surface area contributed by atoms with Gasteiger partial charge in [-0.2, -0.15) is 0 Å². The third-order valence-corrected chi connectivity index (χ3v) is 3.35. The molecular formula is C14H21BrO2. The van der Waals surface area contributed by atoms with Gasteiger partial charge in [0.05, 0.1) is 6.61 Å². The molecule has 0 aliphatic carbocycles. The normalized spacial score (nSPS) is 10.5. The van der Waals surface area contributed by atoms with Crippen molar-refractivity contribution < 1.29 is 9.47 Å². The van der Waals surface area contributed by atoms with E-state index in [9.17, 15) is 0 Å². The minimum absolute atomic E-state index is 0.712. The van der Waals surface area contributed by atoms with Gasteiger partial charge in [0.25, 0.3) is 0 Å². The Hall–Kier alpha value is -0.540. The minimum atomic E-state index is 0.712. The van der Waals surface area contributed by atoms with Crippen LogP contribution in [0.5, 0.6) is 5.75 Å². The maximum atomic E-state index is 5.81. The van der Waals surface area contributed by atoms with Crippen LogP contribution in [-0.4, -0.2) is 20.3 Å². The summed E-state index contributed by atoms with van der Waals surface area (Å²) < 4.78 is 12.0. The Kier molecular flexibility index (Phi) is 7.29. The average Bonchev–Trinajstić information content (AvgIpc) is 2.34. The molecule has 1 rings (SSSR count). The van der Waals surface area contributed by atoms with E-state index >= 15 is 0 Å². The van der Waals surface area contributed by atoms with Gasteiger partial charge in [-0.05, 0) is 25.0 Å². The molecule has 0 bridgehead atoms. The Labute approximate surface area is 112 Å². The zero-order valence-electron chi connectivity index (χ0n) is 10.7. The van der Waals surface area contributed by atoms with Crippen LogP contribution in [0, 0.1) is 0 Å². The fourth-order valence-corrected chi connectivity index (χ4v) is 2.20. The first-order chi connectivity index (χ1) is 8.29. The fraction of sp³-hybridized carbons (Fsp3) is 0.571. The Morgan fingerprint density at radius 2 is 2.00 bits per heavy atom. The Balaban J connectivity index is 2.59. The van der Waals surface area contributed by atoms with Crippen molar-refractivity contribution in [2.45, 2.75) is 32.6 Å². The van der Waals surface area contributed by atoms with Crippen LogP contribution >= 0.6 is 15.9 Å². The molecule has 0 N–H and O–H groups in total. The largest absolute Gasteiger partial charge is 0.493 e. The van der Waals surface area contributed by atoms with Gasteiger partial charge in [0.2, 0.25) is 0 Å². The van der Waals surface area contributed by atoms with Gasteiger partial charge in [-0.15, -0.1) is 0 Å². The molecule has 96 valence electrons. The molecule has 1 aromatic rings. The summed E-state index contributed by atoms with van der Waals surface area (Å²) in [7, 11) is 1.71. The molecule has 0 saturated carbocycles. The lowest BCUT2D eigenvalue weighted by molar-refractivity contribution is 0.171. The molecule has 0 aromatic heterocycles. The molecular weight excluding hydrogens is 280 g/mol. The summed E-state index contributed by atoms with van der Waals surface area (Å²) in [5, 5.41) is 0. The fourth-order valence-electron chi connectivity index (χ4n) is 1.66. The highest BCUT2D eigenvalue weighted by atomic mass is 79.9. The topological polar surface area (TPSA) is 18.5 Å². The predicted octanol–water partition coefficient (Wildman–Crippen LogP) is 4.21. The van der Waals surface area contributed by atoms with Crippen molar-refractivity contribution in [1.29, 1.82) is 0 Å². The summed E-state index contributed by atoms with van der Waals surface area (Å²) in [6.45, 7) is 3.66. The highest BCUT2D eigenvalue weighted by Crippen LogP contribution is 2.28. The third-order valence-electron chi connectivity index (χ3n) is 2.61. The van der Waals surface area contributed by atoms with E-state index in [-0.39, 0.29) is 0 Å². The molecule has 3 heteroatoms. The van der Waals surface area contributed by atoms with Gasteiger partial charge in [0.15, 0.2) is 0 Å². The summed E-state index contributed by atoms with van der Waals surface area (Å²) >= 11 is 3.60. The van der Waals surface area contributed by atoms with Gasteiger partial charge in [-0.1, -0.05) is 35.3 Å². The van der Waals surface area contributed by atoms with Crippen molar-refractivity contribution in [3.8, 4) is 5.75 Å². The molecule has 0 saturated heterocycles. The Morgan fingerprint density at radius 1 is 1.18 bits per heavy atom. The van der Waals surface area contributed by atoms with Crippen LogP contribution in [0.2, 0.25) is 0 Å². The predicted molar refractivity (Wildman–Crippen MR) is 74.7 cm³/mol. The lowest BCUT2D eigenvalue weighted by Gasteiger charge is -2.12. The van der Waals surface area contributed by atoms with E-state index in [1.807, 2.05) is 12.1 Å². The number of methoxy groups -OCH3 is 1. The van der Waals surface area contributed by atoms with Crippen LogP contribution in [-0.2, 0) is 11.2 Å². The Morgan fingerprint density at radius 3 is 2.71 bits per heavy atom. The molecule has 0 aliphatic heterocycles. The second-order valence-corrected chi connectivity index (χ2v) is 4.87. The molecule has 0 unspecified atom stereocenters. The van der Waals surface area contributed by atoms with Gasteiger partial charge in [-0.25, -0.2) is 0 Å². The first-order valence-corrected chi connectivity index (χ1v) is 6.98. The third kappa shape index (κ3) is 5.09. The van der Waals surface area contributed by atoms with E-state index in [2.05, 4.69) is 28.9 Å². The summed E-state index contributed by atoms with van der Waals surface area (Å²) in [4.78, 5) is 0. The summed E-state index contributed by atoms with van der Waals surface area (Å²) in [6.07, 6.45) is 4.38. The minimum Gasteiger partial charge on any atom is -0.493 e. The molecule has 0 atom stereocenters. The number of benzene rings is 1. The lowest BCUT2D eigenvalue weighted by atomic mass is 10.1. The standard InChI is InChI=1S/C14H21BrO2/c1-3-4-7-12-13(15)8-5-9-14(12)17-11-6-10-16-2/h5,8-9H,3-4,6-7,10-11H2,1-2H3. The van der Waals surface area contributed by atoms with Crippen molar-refractivity contribution in [1.82, 2.24) is 0 Å². The molecule has 1 aromatic carbocycles. The zero-order valence-corrected chi connectivity index (χ0v) is 12.3. The molecule has 0 spiro atoms. The quantitative estimate of drug-likeness (QED) is 0.670. The molecule has 0 radical (unpaired) electrons. The number of unbranched alkanes of at least 4 members (excludes halogenated alkanes) is 1. The SMILES string of the molecule is CCCCc1c(Br)cccc1OCCCOC. The van der Waals surface area contributed by atoms with E-state index in [4.69, 9.17) is 9.47 Å². The summed E-state index contributed by atoms with van der Waals surface area (Å²) in [5.74, 6) is 1.00. The van der Waals surface area contributed by atoms with Crippen molar-refractivity contribution >= 4 is 15.9 Å². The van der Waals surface area contributed by atoms with Crippen LogP contribution in [0.1, 0.15) is 31.7 Å². The monoisotopic (exact) mass is 300 g/mol. The maximum absolute atomic E-state index is 5.81. The second kappa shape index (κ2) is 8.54. The van der Waals surface area contributed by atoms with Gasteiger partial charge >= 0.3 is 0 Å². The van der Waals surface area contributed by atoms with Crippen LogP contribution in [0.3, 0.4) is 0 Å². The van der Waals surface area contributed by atoms with Gasteiger partial charge in [0, 0.05) is 30.2 Å². The van der Waals surface area contributed by atoms with Gasteiger partial charge < -0.3 is 9.47 Å². The van der Waals surface area contributed by atoms with Gasteiger partial charge in [0.1, 0.15) is 5.75 Å². The highest BCUT2D eigenvalue weighted by Gasteiger charge is 2.07. The van der Waals surface area contributed by atoms with E-state index in [1.165, 1.54) is 18.4 Å². The van der Waals surface area contributed by atoms with E-state index < -0.39 is 0 Å². The van der Waals surface area contributed by atoms with Crippen molar-refractivity contribution in [3.63, 3.8) is 0 Å². The summed E-state index contributed by atoms with van der Waals surface area (Å²) in [6, 6.07) is 6.14. The number of hydrogen-bond donors (Lipinski definition) is 0. The smallest absolute Gasteiger partial charge is 0.123 e. The molecule has 0 heterocycles. The second-order valence-electron chi connectivity index (χ2n) is 4.01. The summed E-state index contributed by atoms with van der Waals surface area (Å²) in [5.41, 5.74) is 1.28. The van der Waals surface area contributed by atoms with E-state index in [0.29, 0.717) is 6.61 Å². The number of hydrogen-bond acceptors (Lipinski definition) is 2. The number of halogens is 1. The highest BCUT2D eigenvalue weighted by molar-refractivity contribution is 9.10. The van der Waals surface area contributed by atoms with Crippen molar-refractivity contribution in [3.05, 3.63) is 28.2 Å². The molecule has 0 amide bonds. The van der Waals surface area contributed by atoms with Crippen LogP contribution in [0.4, 0.5) is 0 Å². The van der Waals surface area contributed by atoms with E-state index in [0.717, 1.165) is 29.7 Å². The Bertz CT molecular complexity index is 326. The first kappa shape index (κ1) is 14.5. The van der Waals surface area contributed by atoms with Crippen LogP contribution in [0.15, 0.2) is 22.7 Å². The lowest BCUT2D eigenvalue weighted by Crippen LogP contribution is -2.03. The van der Waals surface area contributed by atoms with Crippen LogP contribution in [0.25, 0.3) is 0 Å².